The maximum absolute atomic E-state index is 10.9. The first-order valence-electron chi connectivity index (χ1n) is 29.2. The summed E-state index contributed by atoms with van der Waals surface area (Å²) in [5.41, 5.74) is 8.09. The molecule has 0 aliphatic carbocycles. The van der Waals surface area contributed by atoms with Crippen LogP contribution in [0.1, 0.15) is 282 Å². The van der Waals surface area contributed by atoms with Crippen LogP contribution in [0.15, 0.2) is 76.7 Å². The Kier molecular flexibility index (Phi) is 42.9. The summed E-state index contributed by atoms with van der Waals surface area (Å²) in [6.45, 7) is 11.1. The topological polar surface area (TPSA) is 70.8 Å². The maximum atomic E-state index is 10.9. The molecule has 0 amide bonds. The van der Waals surface area contributed by atoms with Gasteiger partial charge in [0.1, 0.15) is 0 Å². The molecule has 0 unspecified atom stereocenters. The summed E-state index contributed by atoms with van der Waals surface area (Å²) in [5.74, 6) is -0.760. The molecule has 0 heterocycles. The zero-order valence-corrected chi connectivity index (χ0v) is 46.4. The van der Waals surface area contributed by atoms with E-state index in [2.05, 4.69) is 76.2 Å². The minimum atomic E-state index is -0.403. The number of hydrogen-bond acceptors (Lipinski definition) is 4. The van der Waals surface area contributed by atoms with Crippen LogP contribution < -0.4 is 10.2 Å². The second-order valence-electron chi connectivity index (χ2n) is 20.2. The molecule has 3 aromatic rings. The molecule has 0 saturated heterocycles. The second-order valence-corrected chi connectivity index (χ2v) is 20.2. The summed E-state index contributed by atoms with van der Waals surface area (Å²) in [4.78, 5) is 10.6. The fraction of sp³-hybridized carbons (Fsp3) is 0.688. The van der Waals surface area contributed by atoms with Crippen molar-refractivity contribution in [3.05, 3.63) is 83.4 Å². The van der Waals surface area contributed by atoms with Gasteiger partial charge in [0.2, 0.25) is 0 Å². The van der Waals surface area contributed by atoms with Crippen LogP contribution in [0.25, 0.3) is 0 Å². The number of aryl methyl sites for hydroxylation is 3. The predicted molar refractivity (Wildman–Crippen MR) is 298 cm³/mol. The van der Waals surface area contributed by atoms with Crippen LogP contribution in [0, 0.1) is 0 Å². The molecule has 0 atom stereocenters. The van der Waals surface area contributed by atoms with Gasteiger partial charge in [-0.1, -0.05) is 275 Å². The summed E-state index contributed by atoms with van der Waals surface area (Å²) >= 11 is 0. The maximum Gasteiger partial charge on any atom is 2.00 e. The third-order valence-corrected chi connectivity index (χ3v) is 13.8. The molecule has 3 rings (SSSR count). The molecule has 0 aromatic heterocycles. The number of benzene rings is 3. The van der Waals surface area contributed by atoms with Crippen LogP contribution in [0.2, 0.25) is 0 Å². The molecule has 0 saturated carbocycles. The first-order valence-corrected chi connectivity index (χ1v) is 29.2. The predicted octanol–water partition coefficient (Wildman–Crippen LogP) is 20.1. The van der Waals surface area contributed by atoms with Crippen molar-refractivity contribution in [1.82, 2.24) is 0 Å². The quantitative estimate of drug-likeness (QED) is 0.0322. The van der Waals surface area contributed by atoms with Crippen LogP contribution in [-0.4, -0.2) is 11.4 Å². The molecule has 5 heteroatoms. The number of unbranched alkanes of at least 4 members (excludes halogenated alkanes) is 30. The minimum Gasteiger partial charge on any atom is -0.873 e. The third-order valence-electron chi connectivity index (χ3n) is 13.8. The van der Waals surface area contributed by atoms with E-state index in [9.17, 15) is 10.2 Å². The Balaban J connectivity index is 0.00000191. The first kappa shape index (κ1) is 64.1. The average Bonchev–Trinajstić information content (AvgIpc) is 3.36. The normalized spacial score (nSPS) is 11.7. The molecule has 392 valence electrons. The average molecular weight is 992 g/mol. The van der Waals surface area contributed by atoms with E-state index in [0.717, 1.165) is 30.6 Å². The van der Waals surface area contributed by atoms with E-state index in [4.69, 9.17) is 9.98 Å². The molecule has 0 spiro atoms. The van der Waals surface area contributed by atoms with Crippen molar-refractivity contribution in [2.45, 2.75) is 285 Å². The Bertz CT molecular complexity index is 1650. The molecule has 0 aliphatic rings. The van der Waals surface area contributed by atoms with Crippen LogP contribution in [0.3, 0.4) is 0 Å². The Labute approximate surface area is 437 Å². The van der Waals surface area contributed by atoms with Gasteiger partial charge in [-0.25, -0.2) is 0 Å². The third kappa shape index (κ3) is 34.2. The number of aliphatic imine (C=N–C) groups is 2. The Morgan fingerprint density at radius 3 is 0.971 bits per heavy atom. The van der Waals surface area contributed by atoms with Gasteiger partial charge >= 0.3 is 16.5 Å². The van der Waals surface area contributed by atoms with Crippen molar-refractivity contribution in [3.8, 4) is 11.5 Å². The standard InChI is InChI=1S/C56H96N2.C8H10O2.Ni/c1-5-9-13-16-18-20-22-24-26-28-30-32-34-36-39-51-43-47-53(48-44-51)57-55(41-12-8-4)56(42-38-15-11-7-3)58-54-49-45-52(46-50-54)40-37-35-33-31-29-27-25-23-21-19-17-14-10-6-2;1-2-6-4-3-5-7(9)8(6)10;/h43-50H,5-42H2,1-4H3;3-5,9-10H,2H2,1H3;/q;;+2/p-2. The van der Waals surface area contributed by atoms with Gasteiger partial charge in [0.25, 0.3) is 0 Å². The molecular weight excluding hydrogens is 887 g/mol. The monoisotopic (exact) mass is 991 g/mol. The summed E-state index contributed by atoms with van der Waals surface area (Å²) in [7, 11) is 0. The fourth-order valence-electron chi connectivity index (χ4n) is 9.27. The van der Waals surface area contributed by atoms with Gasteiger partial charge in [-0.05, 0) is 93.2 Å². The Morgan fingerprint density at radius 2 is 0.652 bits per heavy atom. The summed E-state index contributed by atoms with van der Waals surface area (Å²) in [6, 6.07) is 22.9. The van der Waals surface area contributed by atoms with E-state index in [1.165, 1.54) is 253 Å². The van der Waals surface area contributed by atoms with Crippen molar-refractivity contribution in [2.24, 2.45) is 9.98 Å². The molecular formula is C64H104N2NiO2. The second kappa shape index (κ2) is 46.2. The fourth-order valence-corrected chi connectivity index (χ4v) is 9.27. The van der Waals surface area contributed by atoms with Gasteiger partial charge in [-0.2, -0.15) is 0 Å². The van der Waals surface area contributed by atoms with Crippen molar-refractivity contribution in [2.75, 3.05) is 0 Å². The molecule has 0 N–H and O–H groups in total. The zero-order chi connectivity index (χ0) is 49.0. The van der Waals surface area contributed by atoms with Crippen molar-refractivity contribution in [3.63, 3.8) is 0 Å². The molecule has 0 fully saturated rings. The molecule has 3 aromatic carbocycles. The van der Waals surface area contributed by atoms with E-state index in [-0.39, 0.29) is 22.2 Å². The molecule has 0 aliphatic heterocycles. The molecule has 69 heavy (non-hydrogen) atoms. The summed E-state index contributed by atoms with van der Waals surface area (Å²) in [5, 5.41) is 21.6. The van der Waals surface area contributed by atoms with E-state index >= 15 is 0 Å². The SMILES string of the molecule is CCCCCCCCCCCCCCCCc1ccc(N=C(CCCC)C(CCCCCC)=Nc2ccc(CCCCCCCCCCCCCCCC)cc2)cc1.CCc1cccc([O-])c1[O-].[Ni+2]. The van der Waals surface area contributed by atoms with E-state index in [0.29, 0.717) is 12.0 Å². The first-order chi connectivity index (χ1) is 33.4. The Hall–Kier alpha value is -2.91. The van der Waals surface area contributed by atoms with Gasteiger partial charge in [0.15, 0.2) is 0 Å². The number of hydrogen-bond donors (Lipinski definition) is 0. The van der Waals surface area contributed by atoms with Gasteiger partial charge in [0.05, 0.1) is 22.8 Å². The summed E-state index contributed by atoms with van der Waals surface area (Å²) in [6.07, 6.45) is 52.0. The van der Waals surface area contributed by atoms with Gasteiger partial charge in [-0.15, -0.1) is 11.5 Å². The van der Waals surface area contributed by atoms with Crippen LogP contribution in [0.4, 0.5) is 11.4 Å². The van der Waals surface area contributed by atoms with Crippen molar-refractivity contribution in [1.29, 1.82) is 0 Å². The van der Waals surface area contributed by atoms with Gasteiger partial charge in [0, 0.05) is 0 Å². The summed E-state index contributed by atoms with van der Waals surface area (Å²) < 4.78 is 0. The van der Waals surface area contributed by atoms with Crippen LogP contribution in [-0.2, 0) is 35.8 Å². The van der Waals surface area contributed by atoms with Crippen LogP contribution in [0.5, 0.6) is 11.5 Å². The number of para-hydroxylation sites is 1. The number of rotatable bonds is 42. The van der Waals surface area contributed by atoms with Gasteiger partial charge in [-0.3, -0.25) is 9.98 Å². The van der Waals surface area contributed by atoms with Crippen molar-refractivity contribution < 1.29 is 26.7 Å². The molecule has 0 radical (unpaired) electrons. The van der Waals surface area contributed by atoms with E-state index < -0.39 is 5.75 Å². The Morgan fingerprint density at radius 1 is 0.348 bits per heavy atom. The zero-order valence-electron chi connectivity index (χ0n) is 45.5. The smallest absolute Gasteiger partial charge is 0.873 e. The van der Waals surface area contributed by atoms with E-state index in [1.54, 1.807) is 12.1 Å². The molecule has 0 bridgehead atoms. The largest absolute Gasteiger partial charge is 2.00 e. The van der Waals surface area contributed by atoms with Crippen LogP contribution >= 0.6 is 0 Å². The molecule has 4 nitrogen and oxygen atoms in total. The minimum absolute atomic E-state index is 0. The van der Waals surface area contributed by atoms with Crippen molar-refractivity contribution >= 4 is 22.8 Å². The number of nitrogens with zero attached hydrogens (tertiary/aromatic N) is 2. The van der Waals surface area contributed by atoms with Gasteiger partial charge < -0.3 is 10.2 Å². The van der Waals surface area contributed by atoms with E-state index in [1.807, 2.05) is 6.92 Å².